The Balaban J connectivity index is 0.00000242. The Morgan fingerprint density at radius 1 is 1.36 bits per heavy atom. The van der Waals surface area contributed by atoms with Gasteiger partial charge in [-0.1, -0.05) is 12.8 Å². The van der Waals surface area contributed by atoms with Crippen LogP contribution in [0.2, 0.25) is 0 Å². The van der Waals surface area contributed by atoms with Gasteiger partial charge in [0.25, 0.3) is 0 Å². The van der Waals surface area contributed by atoms with E-state index < -0.39 is 0 Å². The Morgan fingerprint density at radius 3 is 2.68 bits per heavy atom. The molecule has 6 heteroatoms. The Kier molecular flexibility index (Phi) is 8.69. The molecule has 130 valence electrons. The zero-order chi connectivity index (χ0) is 15.1. The number of ether oxygens (including phenoxy) is 2. The van der Waals surface area contributed by atoms with Crippen LogP contribution in [0, 0.1) is 5.41 Å². The van der Waals surface area contributed by atoms with Gasteiger partial charge in [0.15, 0.2) is 0 Å². The summed E-state index contributed by atoms with van der Waals surface area (Å²) in [4.78, 5) is 12.2. The Bertz CT molecular complexity index is 335. The molecule has 5 nitrogen and oxygen atoms in total. The maximum Gasteiger partial charge on any atom is 0.249 e. The van der Waals surface area contributed by atoms with E-state index in [1.165, 1.54) is 25.7 Å². The zero-order valence-electron chi connectivity index (χ0n) is 13.6. The average Bonchev–Trinajstić information content (AvgIpc) is 3.15. The Morgan fingerprint density at radius 2 is 2.09 bits per heavy atom. The third kappa shape index (κ3) is 5.37. The molecule has 1 aliphatic carbocycles. The van der Waals surface area contributed by atoms with Gasteiger partial charge in [-0.2, -0.15) is 0 Å². The molecule has 2 aliphatic rings. The van der Waals surface area contributed by atoms with Gasteiger partial charge in [-0.25, -0.2) is 0 Å². The standard InChI is InChI=1S/C16H30N2O3.ClH/c1-2-20-10-9-16(7-3-4-8-16)12-18-15(19)14-6-5-13(11-17)21-14;/h13-14H,2-12,17H2,1H3,(H,18,19);1H/t13-,14+;/m1./s1. The molecule has 0 aromatic heterocycles. The van der Waals surface area contributed by atoms with Gasteiger partial charge in [-0.15, -0.1) is 12.4 Å². The van der Waals surface area contributed by atoms with Crippen molar-refractivity contribution in [1.29, 1.82) is 0 Å². The van der Waals surface area contributed by atoms with Crippen molar-refractivity contribution in [3.63, 3.8) is 0 Å². The molecule has 22 heavy (non-hydrogen) atoms. The van der Waals surface area contributed by atoms with Crippen LogP contribution in [0.15, 0.2) is 0 Å². The number of carbonyl (C=O) groups excluding carboxylic acids is 1. The molecule has 1 amide bonds. The van der Waals surface area contributed by atoms with Gasteiger partial charge >= 0.3 is 0 Å². The van der Waals surface area contributed by atoms with Crippen molar-refractivity contribution in [1.82, 2.24) is 5.32 Å². The van der Waals surface area contributed by atoms with Crippen molar-refractivity contribution in [2.75, 3.05) is 26.3 Å². The molecule has 0 aromatic carbocycles. The van der Waals surface area contributed by atoms with Crippen molar-refractivity contribution in [2.45, 2.75) is 64.1 Å². The monoisotopic (exact) mass is 334 g/mol. The molecule has 2 fully saturated rings. The summed E-state index contributed by atoms with van der Waals surface area (Å²) in [5.41, 5.74) is 5.82. The molecule has 0 unspecified atom stereocenters. The summed E-state index contributed by atoms with van der Waals surface area (Å²) < 4.78 is 11.2. The van der Waals surface area contributed by atoms with Crippen molar-refractivity contribution in [2.24, 2.45) is 11.1 Å². The average molecular weight is 335 g/mol. The number of carbonyl (C=O) groups is 1. The normalized spacial score (nSPS) is 26.6. The number of rotatable bonds is 8. The molecular weight excluding hydrogens is 304 g/mol. The van der Waals surface area contributed by atoms with E-state index in [4.69, 9.17) is 15.2 Å². The van der Waals surface area contributed by atoms with Crippen molar-refractivity contribution in [3.8, 4) is 0 Å². The van der Waals surface area contributed by atoms with Gasteiger partial charge in [0.2, 0.25) is 5.91 Å². The molecule has 0 spiro atoms. The van der Waals surface area contributed by atoms with Crippen LogP contribution in [0.1, 0.15) is 51.9 Å². The Hall–Kier alpha value is -0.360. The first-order chi connectivity index (χ1) is 10.2. The minimum Gasteiger partial charge on any atom is -0.382 e. The second-order valence-electron chi connectivity index (χ2n) is 6.43. The first kappa shape index (κ1) is 19.7. The topological polar surface area (TPSA) is 73.6 Å². The molecule has 1 saturated carbocycles. The SMILES string of the molecule is CCOCCC1(CNC(=O)[C@@H]2CC[C@H](CN)O2)CCCC1.Cl. The quantitative estimate of drug-likeness (QED) is 0.666. The van der Waals surface area contributed by atoms with Crippen LogP contribution < -0.4 is 11.1 Å². The number of hydrogen-bond acceptors (Lipinski definition) is 4. The molecule has 1 saturated heterocycles. The van der Waals surface area contributed by atoms with Gasteiger partial charge in [0, 0.05) is 26.3 Å². The largest absolute Gasteiger partial charge is 0.382 e. The van der Waals surface area contributed by atoms with E-state index in [0.29, 0.717) is 6.54 Å². The molecule has 3 N–H and O–H groups in total. The van der Waals surface area contributed by atoms with Gasteiger partial charge in [0.05, 0.1) is 6.10 Å². The number of halogens is 1. The summed E-state index contributed by atoms with van der Waals surface area (Å²) >= 11 is 0. The maximum absolute atomic E-state index is 12.2. The van der Waals surface area contributed by atoms with E-state index >= 15 is 0 Å². The molecule has 0 bridgehead atoms. The summed E-state index contributed by atoms with van der Waals surface area (Å²) in [6.07, 6.45) is 7.38. The van der Waals surface area contributed by atoms with Crippen molar-refractivity contribution in [3.05, 3.63) is 0 Å². The predicted molar refractivity (Wildman–Crippen MR) is 89.2 cm³/mol. The van der Waals surface area contributed by atoms with Crippen molar-refractivity contribution < 1.29 is 14.3 Å². The van der Waals surface area contributed by atoms with Gasteiger partial charge in [-0.05, 0) is 44.4 Å². The minimum atomic E-state index is -0.302. The van der Waals surface area contributed by atoms with Crippen LogP contribution in [-0.4, -0.2) is 44.4 Å². The van der Waals surface area contributed by atoms with Crippen LogP contribution >= 0.6 is 12.4 Å². The lowest BCUT2D eigenvalue weighted by atomic mass is 9.83. The maximum atomic E-state index is 12.2. The summed E-state index contributed by atoms with van der Waals surface area (Å²) in [7, 11) is 0. The van der Waals surface area contributed by atoms with Gasteiger partial charge in [0.1, 0.15) is 6.10 Å². The van der Waals surface area contributed by atoms with E-state index in [1.54, 1.807) is 0 Å². The van der Waals surface area contributed by atoms with Crippen molar-refractivity contribution >= 4 is 18.3 Å². The molecule has 0 radical (unpaired) electrons. The second kappa shape index (κ2) is 9.71. The van der Waals surface area contributed by atoms with E-state index in [-0.39, 0.29) is 35.9 Å². The highest BCUT2D eigenvalue weighted by Crippen LogP contribution is 2.40. The highest BCUT2D eigenvalue weighted by Gasteiger charge is 2.36. The fraction of sp³-hybridized carbons (Fsp3) is 0.938. The first-order valence-corrected chi connectivity index (χ1v) is 8.40. The van der Waals surface area contributed by atoms with E-state index in [9.17, 15) is 4.79 Å². The summed E-state index contributed by atoms with van der Waals surface area (Å²) in [5.74, 6) is 0.0358. The highest BCUT2D eigenvalue weighted by atomic mass is 35.5. The van der Waals surface area contributed by atoms with Crippen LogP contribution in [0.5, 0.6) is 0 Å². The van der Waals surface area contributed by atoms with Gasteiger partial charge < -0.3 is 20.5 Å². The second-order valence-corrected chi connectivity index (χ2v) is 6.43. The van der Waals surface area contributed by atoms with E-state index in [0.717, 1.165) is 39.0 Å². The minimum absolute atomic E-state index is 0. The number of nitrogens with one attached hydrogen (secondary N) is 1. The van der Waals surface area contributed by atoms with Crippen LogP contribution in [0.4, 0.5) is 0 Å². The third-order valence-electron chi connectivity index (χ3n) is 4.95. The van der Waals surface area contributed by atoms with Crippen LogP contribution in [-0.2, 0) is 14.3 Å². The third-order valence-corrected chi connectivity index (χ3v) is 4.95. The zero-order valence-corrected chi connectivity index (χ0v) is 14.5. The van der Waals surface area contributed by atoms with E-state index in [2.05, 4.69) is 5.32 Å². The number of amides is 1. The molecule has 0 aromatic rings. The fourth-order valence-electron chi connectivity index (χ4n) is 3.53. The molecule has 2 atom stereocenters. The number of nitrogens with two attached hydrogens (primary N) is 1. The molecule has 1 heterocycles. The summed E-state index contributed by atoms with van der Waals surface area (Å²) in [6.45, 7) is 4.84. The predicted octanol–water partition coefficient (Wildman–Crippen LogP) is 2.02. The lowest BCUT2D eigenvalue weighted by molar-refractivity contribution is -0.132. The number of hydrogen-bond donors (Lipinski definition) is 2. The molecular formula is C16H31ClN2O3. The highest BCUT2D eigenvalue weighted by molar-refractivity contribution is 5.85. The lowest BCUT2D eigenvalue weighted by Gasteiger charge is -2.29. The molecule has 1 aliphatic heterocycles. The van der Waals surface area contributed by atoms with Gasteiger partial charge in [-0.3, -0.25) is 4.79 Å². The summed E-state index contributed by atoms with van der Waals surface area (Å²) in [5, 5.41) is 3.12. The van der Waals surface area contributed by atoms with Crippen LogP contribution in [0.25, 0.3) is 0 Å². The first-order valence-electron chi connectivity index (χ1n) is 8.40. The summed E-state index contributed by atoms with van der Waals surface area (Å²) in [6, 6.07) is 0. The lowest BCUT2D eigenvalue weighted by Crippen LogP contribution is -2.42. The fourth-order valence-corrected chi connectivity index (χ4v) is 3.53. The molecule has 2 rings (SSSR count). The smallest absolute Gasteiger partial charge is 0.249 e. The van der Waals surface area contributed by atoms with E-state index in [1.807, 2.05) is 6.92 Å². The Labute approximate surface area is 140 Å². The van der Waals surface area contributed by atoms with Crippen LogP contribution in [0.3, 0.4) is 0 Å².